The molecule has 0 atom stereocenters. The Morgan fingerprint density at radius 1 is 1.09 bits per heavy atom. The van der Waals surface area contributed by atoms with Crippen molar-refractivity contribution in [3.63, 3.8) is 0 Å². The van der Waals surface area contributed by atoms with E-state index in [0.717, 1.165) is 32.4 Å². The summed E-state index contributed by atoms with van der Waals surface area (Å²) in [5.41, 5.74) is 0. The molecule has 1 amide bonds. The third-order valence-electron chi connectivity index (χ3n) is 4.42. The molecule has 0 saturated carbocycles. The smallest absolute Gasteiger partial charge is 0.306 e. The van der Waals surface area contributed by atoms with Gasteiger partial charge in [0.1, 0.15) is 0 Å². The Hall–Kier alpha value is -1.32. The standard InChI is InChI=1S/C19H33NO3/c1-3-5-6-7-8-9-10-11-18(21)20-14-12-17(13-15-20)16-19(22)23-4-2/h10-11,17H,3-9,12-16H2,1-2H3/b11-10+. The molecule has 1 aliphatic rings. The molecule has 4 nitrogen and oxygen atoms in total. The third kappa shape index (κ3) is 8.77. The number of hydrogen-bond donors (Lipinski definition) is 0. The quantitative estimate of drug-likeness (QED) is 0.345. The molecule has 1 aliphatic heterocycles. The van der Waals surface area contributed by atoms with Gasteiger partial charge in [0.25, 0.3) is 0 Å². The molecule has 132 valence electrons. The number of amides is 1. The molecule has 1 saturated heterocycles. The fourth-order valence-corrected chi connectivity index (χ4v) is 2.97. The van der Waals surface area contributed by atoms with Crippen LogP contribution in [0.4, 0.5) is 0 Å². The first-order valence-corrected chi connectivity index (χ1v) is 9.28. The topological polar surface area (TPSA) is 46.6 Å². The fraction of sp³-hybridized carbons (Fsp3) is 0.789. The second kappa shape index (κ2) is 12.1. The predicted octanol–water partition coefficient (Wildman–Crippen LogP) is 4.09. The van der Waals surface area contributed by atoms with Crippen LogP contribution in [-0.4, -0.2) is 36.5 Å². The van der Waals surface area contributed by atoms with Gasteiger partial charge in [-0.1, -0.05) is 38.7 Å². The summed E-state index contributed by atoms with van der Waals surface area (Å²) >= 11 is 0. The van der Waals surface area contributed by atoms with Crippen molar-refractivity contribution in [2.24, 2.45) is 5.92 Å². The monoisotopic (exact) mass is 323 g/mol. The van der Waals surface area contributed by atoms with Crippen molar-refractivity contribution in [3.8, 4) is 0 Å². The van der Waals surface area contributed by atoms with Crippen LogP contribution in [0.5, 0.6) is 0 Å². The molecule has 0 aliphatic carbocycles. The molecule has 4 heteroatoms. The number of carbonyl (C=O) groups is 2. The number of carbonyl (C=O) groups excluding carboxylic acids is 2. The maximum absolute atomic E-state index is 12.1. The van der Waals surface area contributed by atoms with Gasteiger partial charge < -0.3 is 9.64 Å². The van der Waals surface area contributed by atoms with E-state index in [1.165, 1.54) is 32.1 Å². The number of rotatable bonds is 10. The molecule has 0 aromatic rings. The van der Waals surface area contributed by atoms with Gasteiger partial charge in [-0.3, -0.25) is 9.59 Å². The number of allylic oxidation sites excluding steroid dienone is 1. The van der Waals surface area contributed by atoms with Crippen LogP contribution in [-0.2, 0) is 14.3 Å². The number of unbranched alkanes of at least 4 members (excludes halogenated alkanes) is 5. The van der Waals surface area contributed by atoms with Gasteiger partial charge in [-0.25, -0.2) is 0 Å². The Morgan fingerprint density at radius 3 is 2.43 bits per heavy atom. The molecule has 1 fully saturated rings. The van der Waals surface area contributed by atoms with Crippen LogP contribution in [0, 0.1) is 5.92 Å². The minimum atomic E-state index is -0.111. The highest BCUT2D eigenvalue weighted by Gasteiger charge is 2.23. The number of piperidine rings is 1. The van der Waals surface area contributed by atoms with Gasteiger partial charge in [0.2, 0.25) is 5.91 Å². The summed E-state index contributed by atoms with van der Waals surface area (Å²) < 4.78 is 4.99. The first kappa shape index (κ1) is 19.7. The normalized spacial score (nSPS) is 16.0. The van der Waals surface area contributed by atoms with Crippen molar-refractivity contribution >= 4 is 11.9 Å². The number of nitrogens with zero attached hydrogens (tertiary/aromatic N) is 1. The molecular weight excluding hydrogens is 290 g/mol. The zero-order valence-electron chi connectivity index (χ0n) is 14.9. The maximum atomic E-state index is 12.1. The van der Waals surface area contributed by atoms with E-state index in [1.54, 1.807) is 6.08 Å². The summed E-state index contributed by atoms with van der Waals surface area (Å²) in [6.07, 6.45) is 13.3. The molecule has 0 spiro atoms. The second-order valence-electron chi connectivity index (χ2n) is 6.38. The molecule has 23 heavy (non-hydrogen) atoms. The molecule has 1 heterocycles. The SMILES string of the molecule is CCCCCCC/C=C/C(=O)N1CCC(CC(=O)OCC)CC1. The number of ether oxygens (including phenoxy) is 1. The molecule has 0 unspecified atom stereocenters. The first-order valence-electron chi connectivity index (χ1n) is 9.28. The zero-order valence-corrected chi connectivity index (χ0v) is 14.9. The van der Waals surface area contributed by atoms with Crippen LogP contribution >= 0.6 is 0 Å². The van der Waals surface area contributed by atoms with Crippen molar-refractivity contribution in [1.82, 2.24) is 4.90 Å². The molecule has 0 radical (unpaired) electrons. The van der Waals surface area contributed by atoms with Crippen molar-refractivity contribution in [2.45, 2.75) is 71.6 Å². The zero-order chi connectivity index (χ0) is 16.9. The van der Waals surface area contributed by atoms with E-state index >= 15 is 0 Å². The predicted molar refractivity (Wildman–Crippen MR) is 93.1 cm³/mol. The van der Waals surface area contributed by atoms with Gasteiger partial charge in [0.05, 0.1) is 6.61 Å². The Labute approximate surface area is 141 Å². The number of esters is 1. The highest BCUT2D eigenvalue weighted by atomic mass is 16.5. The number of likely N-dealkylation sites (tertiary alicyclic amines) is 1. The van der Waals surface area contributed by atoms with Crippen molar-refractivity contribution in [3.05, 3.63) is 12.2 Å². The van der Waals surface area contributed by atoms with E-state index in [2.05, 4.69) is 6.92 Å². The fourth-order valence-electron chi connectivity index (χ4n) is 2.97. The van der Waals surface area contributed by atoms with Crippen LogP contribution in [0.3, 0.4) is 0 Å². The maximum Gasteiger partial charge on any atom is 0.306 e. The summed E-state index contributed by atoms with van der Waals surface area (Å²) in [4.78, 5) is 25.5. The van der Waals surface area contributed by atoms with E-state index in [4.69, 9.17) is 4.74 Å². The Kier molecular flexibility index (Phi) is 10.4. The molecule has 0 aromatic heterocycles. The van der Waals surface area contributed by atoms with Crippen molar-refractivity contribution in [1.29, 1.82) is 0 Å². The van der Waals surface area contributed by atoms with E-state index in [0.29, 0.717) is 18.9 Å². The van der Waals surface area contributed by atoms with Crippen LogP contribution in [0.2, 0.25) is 0 Å². The lowest BCUT2D eigenvalue weighted by atomic mass is 9.93. The van der Waals surface area contributed by atoms with Crippen molar-refractivity contribution in [2.75, 3.05) is 19.7 Å². The largest absolute Gasteiger partial charge is 0.466 e. The van der Waals surface area contributed by atoms with Crippen LogP contribution < -0.4 is 0 Å². The highest BCUT2D eigenvalue weighted by molar-refractivity contribution is 5.87. The highest BCUT2D eigenvalue weighted by Crippen LogP contribution is 2.21. The van der Waals surface area contributed by atoms with E-state index in [1.807, 2.05) is 17.9 Å². The summed E-state index contributed by atoms with van der Waals surface area (Å²) in [5, 5.41) is 0. The van der Waals surface area contributed by atoms with Crippen molar-refractivity contribution < 1.29 is 14.3 Å². The summed E-state index contributed by atoms with van der Waals surface area (Å²) in [6, 6.07) is 0. The Bertz CT molecular complexity index is 371. The van der Waals surface area contributed by atoms with E-state index in [-0.39, 0.29) is 11.9 Å². The lowest BCUT2D eigenvalue weighted by molar-refractivity contribution is -0.144. The molecule has 0 N–H and O–H groups in total. The average molecular weight is 323 g/mol. The summed E-state index contributed by atoms with van der Waals surface area (Å²) in [5.74, 6) is 0.369. The molecular formula is C19H33NO3. The minimum absolute atomic E-state index is 0.111. The van der Waals surface area contributed by atoms with Gasteiger partial charge in [-0.15, -0.1) is 0 Å². The van der Waals surface area contributed by atoms with Crippen LogP contribution in [0.25, 0.3) is 0 Å². The Morgan fingerprint density at radius 2 is 1.78 bits per heavy atom. The van der Waals surface area contributed by atoms with E-state index in [9.17, 15) is 9.59 Å². The number of hydrogen-bond acceptors (Lipinski definition) is 3. The molecule has 0 aromatic carbocycles. The van der Waals surface area contributed by atoms with Crippen LogP contribution in [0.1, 0.15) is 71.6 Å². The summed E-state index contributed by atoms with van der Waals surface area (Å²) in [6.45, 7) is 6.00. The van der Waals surface area contributed by atoms with Gasteiger partial charge >= 0.3 is 5.97 Å². The molecule has 1 rings (SSSR count). The van der Waals surface area contributed by atoms with E-state index < -0.39 is 0 Å². The first-order chi connectivity index (χ1) is 11.2. The minimum Gasteiger partial charge on any atom is -0.466 e. The van der Waals surface area contributed by atoms with Gasteiger partial charge in [-0.05, 0) is 44.6 Å². The van der Waals surface area contributed by atoms with Crippen LogP contribution in [0.15, 0.2) is 12.2 Å². The average Bonchev–Trinajstić information content (AvgIpc) is 2.54. The lowest BCUT2D eigenvalue weighted by Crippen LogP contribution is -2.38. The van der Waals surface area contributed by atoms with Gasteiger partial charge in [-0.2, -0.15) is 0 Å². The van der Waals surface area contributed by atoms with Gasteiger partial charge in [0.15, 0.2) is 0 Å². The second-order valence-corrected chi connectivity index (χ2v) is 6.38. The van der Waals surface area contributed by atoms with Gasteiger partial charge in [0, 0.05) is 19.5 Å². The Balaban J connectivity index is 2.15. The summed E-state index contributed by atoms with van der Waals surface area (Å²) in [7, 11) is 0. The molecule has 0 bridgehead atoms. The lowest BCUT2D eigenvalue weighted by Gasteiger charge is -2.30. The third-order valence-corrected chi connectivity index (χ3v) is 4.42.